The summed E-state index contributed by atoms with van der Waals surface area (Å²) in [5.41, 5.74) is 1.19. The molecule has 24 heavy (non-hydrogen) atoms. The zero-order valence-corrected chi connectivity index (χ0v) is 15.0. The minimum atomic E-state index is -1.03. The predicted molar refractivity (Wildman–Crippen MR) is 96.4 cm³/mol. The van der Waals surface area contributed by atoms with Crippen LogP contribution in [0.1, 0.15) is 44.1 Å². The van der Waals surface area contributed by atoms with Crippen LogP contribution in [0.4, 0.5) is 0 Å². The van der Waals surface area contributed by atoms with E-state index in [0.29, 0.717) is 6.54 Å². The smallest absolute Gasteiger partial charge is 0.232 e. The molecule has 132 valence electrons. The average molecular weight is 349 g/mol. The highest BCUT2D eigenvalue weighted by atomic mass is 32.2. The third-order valence-corrected chi connectivity index (χ3v) is 7.17. The molecule has 1 aliphatic heterocycles. The normalized spacial score (nSPS) is 22.2. The molecule has 1 saturated heterocycles. The highest BCUT2D eigenvalue weighted by Gasteiger charge is 2.35. The molecule has 1 N–H and O–H groups in total. The van der Waals surface area contributed by atoms with Gasteiger partial charge < -0.3 is 10.1 Å². The second-order valence-corrected chi connectivity index (χ2v) is 8.68. The van der Waals surface area contributed by atoms with Gasteiger partial charge in [-0.3, -0.25) is 9.00 Å². The van der Waals surface area contributed by atoms with E-state index < -0.39 is 10.8 Å². The number of hydrogen-bond donors (Lipinski definition) is 1. The number of ether oxygens (including phenoxy) is 1. The van der Waals surface area contributed by atoms with Crippen LogP contribution >= 0.6 is 0 Å². The van der Waals surface area contributed by atoms with Crippen LogP contribution in [-0.2, 0) is 25.7 Å². The molecule has 0 bridgehead atoms. The molecule has 2 fully saturated rings. The van der Waals surface area contributed by atoms with Gasteiger partial charge in [-0.1, -0.05) is 43.2 Å². The topological polar surface area (TPSA) is 55.4 Å². The van der Waals surface area contributed by atoms with E-state index in [1.54, 1.807) is 0 Å². The number of carbonyl (C=O) groups is 1. The first-order valence-electron chi connectivity index (χ1n) is 8.97. The Bertz CT molecular complexity index is 563. The number of rotatable bonds is 6. The molecule has 4 nitrogen and oxygen atoms in total. The lowest BCUT2D eigenvalue weighted by molar-refractivity contribution is -0.119. The molecule has 0 radical (unpaired) electrons. The third-order valence-electron chi connectivity index (χ3n) is 5.41. The molecular formula is C19H27NO3S. The fourth-order valence-corrected chi connectivity index (χ4v) is 5.29. The molecule has 5 heteroatoms. The molecule has 1 aromatic carbocycles. The molecule has 0 spiro atoms. The predicted octanol–water partition coefficient (Wildman–Crippen LogP) is 2.54. The lowest BCUT2D eigenvalue weighted by Crippen LogP contribution is -2.45. The minimum Gasteiger partial charge on any atom is -0.381 e. The van der Waals surface area contributed by atoms with E-state index in [1.807, 2.05) is 18.2 Å². The average Bonchev–Trinajstić information content (AvgIpc) is 3.16. The summed E-state index contributed by atoms with van der Waals surface area (Å²) in [6.45, 7) is 2.04. The Kier molecular flexibility index (Phi) is 6.06. The van der Waals surface area contributed by atoms with Crippen LogP contribution in [0.5, 0.6) is 0 Å². The van der Waals surface area contributed by atoms with Gasteiger partial charge in [-0.2, -0.15) is 0 Å². The minimum absolute atomic E-state index is 0.0655. The fourth-order valence-electron chi connectivity index (χ4n) is 3.84. The van der Waals surface area contributed by atoms with Crippen molar-refractivity contribution in [3.8, 4) is 0 Å². The van der Waals surface area contributed by atoms with Gasteiger partial charge in [-0.05, 0) is 31.2 Å². The van der Waals surface area contributed by atoms with Gasteiger partial charge in [0.05, 0.1) is 0 Å². The Morgan fingerprint density at radius 1 is 1.17 bits per heavy atom. The van der Waals surface area contributed by atoms with Gasteiger partial charge in [0.1, 0.15) is 5.75 Å². The van der Waals surface area contributed by atoms with Crippen molar-refractivity contribution in [2.24, 2.45) is 0 Å². The lowest BCUT2D eigenvalue weighted by atomic mass is 9.74. The number of nitrogens with one attached hydrogen (secondary N) is 1. The summed E-state index contributed by atoms with van der Waals surface area (Å²) in [6.07, 6.45) is 6.12. The maximum absolute atomic E-state index is 12.3. The van der Waals surface area contributed by atoms with Crippen molar-refractivity contribution in [3.05, 3.63) is 35.9 Å². The van der Waals surface area contributed by atoms with Crippen LogP contribution in [-0.4, -0.2) is 40.9 Å². The molecule has 3 rings (SSSR count). The summed E-state index contributed by atoms with van der Waals surface area (Å²) in [5.74, 6) is 0.0634. The Hall–Kier alpha value is -1.20. The van der Waals surface area contributed by atoms with Crippen molar-refractivity contribution in [3.63, 3.8) is 0 Å². The second-order valence-electron chi connectivity index (χ2n) is 6.97. The van der Waals surface area contributed by atoms with Crippen LogP contribution in [0.15, 0.2) is 30.3 Å². The Balaban J connectivity index is 1.59. The van der Waals surface area contributed by atoms with Crippen molar-refractivity contribution < 1.29 is 13.7 Å². The van der Waals surface area contributed by atoms with Crippen molar-refractivity contribution >= 4 is 16.7 Å². The first-order valence-corrected chi connectivity index (χ1v) is 10.3. The van der Waals surface area contributed by atoms with E-state index >= 15 is 0 Å². The summed E-state index contributed by atoms with van der Waals surface area (Å²) < 4.78 is 17.8. The summed E-state index contributed by atoms with van der Waals surface area (Å²) >= 11 is 0. The van der Waals surface area contributed by atoms with Gasteiger partial charge in [0.2, 0.25) is 5.91 Å². The Morgan fingerprint density at radius 3 is 2.50 bits per heavy atom. The van der Waals surface area contributed by atoms with Crippen LogP contribution in [0, 0.1) is 0 Å². The SMILES string of the molecule is O=C(CS(=O)C1CCCC1)NCC1(c2ccccc2)CCOCC1. The van der Waals surface area contributed by atoms with Gasteiger partial charge in [0.15, 0.2) is 0 Å². The van der Waals surface area contributed by atoms with Gasteiger partial charge in [-0.15, -0.1) is 0 Å². The number of benzene rings is 1. The maximum Gasteiger partial charge on any atom is 0.232 e. The van der Waals surface area contributed by atoms with Crippen molar-refractivity contribution in [1.82, 2.24) is 5.32 Å². The van der Waals surface area contributed by atoms with Gasteiger partial charge in [-0.25, -0.2) is 0 Å². The van der Waals surface area contributed by atoms with Crippen molar-refractivity contribution in [2.75, 3.05) is 25.5 Å². The van der Waals surface area contributed by atoms with Crippen LogP contribution in [0.3, 0.4) is 0 Å². The molecule has 1 atom stereocenters. The highest BCUT2D eigenvalue weighted by molar-refractivity contribution is 7.86. The van der Waals surface area contributed by atoms with Crippen LogP contribution in [0.2, 0.25) is 0 Å². The van der Waals surface area contributed by atoms with E-state index in [2.05, 4.69) is 17.4 Å². The summed E-state index contributed by atoms with van der Waals surface area (Å²) in [4.78, 5) is 12.3. The molecule has 1 heterocycles. The zero-order valence-electron chi connectivity index (χ0n) is 14.2. The highest BCUT2D eigenvalue weighted by Crippen LogP contribution is 2.34. The number of hydrogen-bond acceptors (Lipinski definition) is 3. The van der Waals surface area contributed by atoms with Crippen LogP contribution < -0.4 is 5.32 Å². The quantitative estimate of drug-likeness (QED) is 0.859. The van der Waals surface area contributed by atoms with Crippen molar-refractivity contribution in [2.45, 2.75) is 49.2 Å². The zero-order chi connectivity index (χ0) is 16.8. The first kappa shape index (κ1) is 17.6. The molecule has 2 aliphatic rings. The van der Waals surface area contributed by atoms with E-state index in [4.69, 9.17) is 4.74 Å². The van der Waals surface area contributed by atoms with Gasteiger partial charge in [0.25, 0.3) is 0 Å². The first-order chi connectivity index (χ1) is 11.7. The van der Waals surface area contributed by atoms with Gasteiger partial charge >= 0.3 is 0 Å². The molecule has 1 aliphatic carbocycles. The largest absolute Gasteiger partial charge is 0.381 e. The standard InChI is InChI=1S/C19H27NO3S/c21-18(14-24(22)17-8-4-5-9-17)20-15-19(10-12-23-13-11-19)16-6-2-1-3-7-16/h1-3,6-7,17H,4-5,8-15H2,(H,20,21). The summed E-state index contributed by atoms with van der Waals surface area (Å²) in [6, 6.07) is 10.4. The monoisotopic (exact) mass is 349 g/mol. The van der Waals surface area contributed by atoms with E-state index in [0.717, 1.165) is 51.7 Å². The number of amides is 1. The molecule has 1 aromatic rings. The maximum atomic E-state index is 12.3. The molecular weight excluding hydrogens is 322 g/mol. The molecule has 1 amide bonds. The summed E-state index contributed by atoms with van der Waals surface area (Å²) in [7, 11) is -1.03. The third kappa shape index (κ3) is 4.25. The van der Waals surface area contributed by atoms with Gasteiger partial charge in [0, 0.05) is 41.2 Å². The van der Waals surface area contributed by atoms with E-state index in [9.17, 15) is 9.00 Å². The van der Waals surface area contributed by atoms with Crippen molar-refractivity contribution in [1.29, 1.82) is 0 Å². The van der Waals surface area contributed by atoms with E-state index in [-0.39, 0.29) is 22.3 Å². The number of carbonyl (C=O) groups excluding carboxylic acids is 1. The molecule has 1 unspecified atom stereocenters. The fraction of sp³-hybridized carbons (Fsp3) is 0.632. The van der Waals surface area contributed by atoms with Crippen LogP contribution in [0.25, 0.3) is 0 Å². The summed E-state index contributed by atoms with van der Waals surface area (Å²) in [5, 5.41) is 3.28. The molecule has 1 saturated carbocycles. The lowest BCUT2D eigenvalue weighted by Gasteiger charge is -2.38. The van der Waals surface area contributed by atoms with E-state index in [1.165, 1.54) is 5.56 Å². The Labute approximate surface area is 146 Å². The Morgan fingerprint density at radius 2 is 1.83 bits per heavy atom. The second kappa shape index (κ2) is 8.26. The molecule has 0 aromatic heterocycles.